The quantitative estimate of drug-likeness (QED) is 0.500. The van der Waals surface area contributed by atoms with E-state index in [4.69, 9.17) is 20.1 Å². The molecule has 0 saturated carbocycles. The van der Waals surface area contributed by atoms with Crippen molar-refractivity contribution in [3.05, 3.63) is 0 Å². The van der Waals surface area contributed by atoms with E-state index in [0.717, 1.165) is 13.2 Å². The van der Waals surface area contributed by atoms with E-state index in [9.17, 15) is 9.59 Å². The fraction of sp³-hybridized carbons (Fsp3) is 0.800. The maximum absolute atomic E-state index is 9.64. The Hall–Kier alpha value is -0.140. The summed E-state index contributed by atoms with van der Waals surface area (Å²) in [5, 5.41) is 23.4. The van der Waals surface area contributed by atoms with Gasteiger partial charge in [-0.1, -0.05) is 0 Å². The fourth-order valence-electron chi connectivity index (χ4n) is 0.418. The molecule has 0 heterocycles. The number of ether oxygens (including phenoxy) is 1. The first-order valence-electron chi connectivity index (χ1n) is 5.08. The van der Waals surface area contributed by atoms with Gasteiger partial charge in [-0.05, 0) is 20.8 Å². The molecule has 100 valence electrons. The van der Waals surface area contributed by atoms with E-state index in [2.05, 4.69) is 0 Å². The van der Waals surface area contributed by atoms with Crippen molar-refractivity contribution in [3.63, 3.8) is 0 Å². The Kier molecular flexibility index (Phi) is 37.6. The van der Waals surface area contributed by atoms with Crippen LogP contribution in [0.1, 0.15) is 35.0 Å². The van der Waals surface area contributed by atoms with Gasteiger partial charge in [-0.25, -0.2) is 0 Å². The van der Waals surface area contributed by atoms with E-state index in [1.165, 1.54) is 0 Å². The number of hydrogen-bond acceptors (Lipinski definition) is 4. The number of aliphatic hydroxyl groups excluding tert-OH is 1. The van der Waals surface area contributed by atoms with Gasteiger partial charge in [0.15, 0.2) is 0 Å². The summed E-state index contributed by atoms with van der Waals surface area (Å²) in [6, 6.07) is 0. The molecule has 17 heavy (non-hydrogen) atoms. The molecule has 0 unspecified atom stereocenters. The van der Waals surface area contributed by atoms with Crippen molar-refractivity contribution in [1.82, 2.24) is 0 Å². The first-order chi connectivity index (χ1) is 7.45. The zero-order chi connectivity index (χ0) is 13.4. The van der Waals surface area contributed by atoms with Crippen LogP contribution in [0.3, 0.4) is 0 Å². The van der Waals surface area contributed by atoms with E-state index in [1.807, 2.05) is 13.8 Å². The van der Waals surface area contributed by atoms with Crippen LogP contribution in [-0.2, 0) is 14.3 Å². The molecular formula is C10H23NaO6. The minimum absolute atomic E-state index is 0. The van der Waals surface area contributed by atoms with Crippen molar-refractivity contribution in [2.45, 2.75) is 33.6 Å². The topological polar surface area (TPSA) is 104 Å². The largest absolute Gasteiger partial charge is 1.00 e. The predicted octanol–water partition coefficient (Wildman–Crippen LogP) is -1.91. The van der Waals surface area contributed by atoms with Crippen molar-refractivity contribution in [2.24, 2.45) is 0 Å². The summed E-state index contributed by atoms with van der Waals surface area (Å²) in [5.74, 6) is -2.15. The average molecular weight is 262 g/mol. The Morgan fingerprint density at radius 2 is 1.24 bits per heavy atom. The average Bonchev–Trinajstić information content (AvgIpc) is 2.18. The zero-order valence-electron chi connectivity index (χ0n) is 12.1. The molecule has 0 saturated heterocycles. The Morgan fingerprint density at radius 3 is 1.29 bits per heavy atom. The van der Waals surface area contributed by atoms with E-state index < -0.39 is 11.9 Å². The molecular weight excluding hydrogens is 239 g/mol. The van der Waals surface area contributed by atoms with Crippen LogP contribution < -0.4 is 29.6 Å². The Balaban J connectivity index is -0.0000000494. The van der Waals surface area contributed by atoms with Gasteiger partial charge in [0.1, 0.15) is 0 Å². The number of rotatable bonds is 5. The van der Waals surface area contributed by atoms with Crippen molar-refractivity contribution in [3.8, 4) is 0 Å². The molecule has 0 aromatic carbocycles. The molecule has 0 bridgehead atoms. The predicted molar refractivity (Wildman–Crippen MR) is 60.5 cm³/mol. The van der Waals surface area contributed by atoms with E-state index in [-0.39, 0.29) is 50.4 Å². The van der Waals surface area contributed by atoms with Crippen LogP contribution in [-0.4, -0.2) is 47.1 Å². The molecule has 0 aliphatic carbocycles. The van der Waals surface area contributed by atoms with Gasteiger partial charge in [0.25, 0.3) is 0 Å². The second-order valence-corrected chi connectivity index (χ2v) is 2.39. The van der Waals surface area contributed by atoms with Crippen LogP contribution in [0.2, 0.25) is 0 Å². The molecule has 7 heteroatoms. The summed E-state index contributed by atoms with van der Waals surface area (Å²) >= 11 is 0. The third-order valence-corrected chi connectivity index (χ3v) is 0.961. The smallest absolute Gasteiger partial charge is 1.00 e. The van der Waals surface area contributed by atoms with Gasteiger partial charge < -0.3 is 21.5 Å². The molecule has 0 amide bonds. The summed E-state index contributed by atoms with van der Waals surface area (Å²) in [6.07, 6.45) is -0.593. The maximum Gasteiger partial charge on any atom is 1.00 e. The third kappa shape index (κ3) is 64.7. The maximum atomic E-state index is 9.64. The molecule has 6 nitrogen and oxygen atoms in total. The normalized spacial score (nSPS) is 7.53. The fourth-order valence-corrected chi connectivity index (χ4v) is 0.418. The second kappa shape index (κ2) is 24.9. The molecule has 0 atom stereocenters. The summed E-state index contributed by atoms with van der Waals surface area (Å²) in [7, 11) is 0. The first kappa shape index (κ1) is 25.6. The first-order valence-corrected chi connectivity index (χ1v) is 5.08. The number of carbonyl (C=O) groups is 2. The van der Waals surface area contributed by atoms with Crippen LogP contribution in [0.4, 0.5) is 0 Å². The Bertz CT molecular complexity index is 152. The van der Waals surface area contributed by atoms with E-state index in [1.54, 1.807) is 6.92 Å². The van der Waals surface area contributed by atoms with Gasteiger partial charge in [-0.2, -0.15) is 0 Å². The van der Waals surface area contributed by atoms with Gasteiger partial charge in [0.2, 0.25) is 0 Å². The molecule has 0 spiro atoms. The van der Waals surface area contributed by atoms with Crippen LogP contribution in [0.25, 0.3) is 0 Å². The number of carboxylic acids is 2. The van der Waals surface area contributed by atoms with Gasteiger partial charge in [-0.15, -0.1) is 0 Å². The van der Waals surface area contributed by atoms with E-state index in [0.29, 0.717) is 0 Å². The summed E-state index contributed by atoms with van der Waals surface area (Å²) in [5.41, 5.74) is 0. The molecule has 3 N–H and O–H groups in total. The van der Waals surface area contributed by atoms with Gasteiger partial charge in [0.05, 0.1) is 12.8 Å². The van der Waals surface area contributed by atoms with Crippen LogP contribution in [0.5, 0.6) is 0 Å². The molecule has 0 aromatic rings. The van der Waals surface area contributed by atoms with Crippen LogP contribution in [0.15, 0.2) is 0 Å². The van der Waals surface area contributed by atoms with Gasteiger partial charge >= 0.3 is 41.5 Å². The minimum Gasteiger partial charge on any atom is -1.00 e. The minimum atomic E-state index is -1.08. The van der Waals surface area contributed by atoms with Crippen molar-refractivity contribution >= 4 is 11.9 Å². The molecule has 0 aliphatic rings. The van der Waals surface area contributed by atoms with Gasteiger partial charge in [-0.3, -0.25) is 9.59 Å². The number of aliphatic hydroxyl groups is 1. The number of aliphatic carboxylic acids is 2. The molecule has 0 fully saturated rings. The van der Waals surface area contributed by atoms with Gasteiger partial charge in [0, 0.05) is 19.8 Å². The summed E-state index contributed by atoms with van der Waals surface area (Å²) in [6.45, 7) is 7.60. The zero-order valence-corrected chi connectivity index (χ0v) is 13.1. The Morgan fingerprint density at radius 1 is 1.00 bits per heavy atom. The van der Waals surface area contributed by atoms with Crippen molar-refractivity contribution < 1.29 is 60.6 Å². The van der Waals surface area contributed by atoms with Crippen LogP contribution >= 0.6 is 0 Å². The molecule has 0 rings (SSSR count). The standard InChI is InChI=1S/C4H6O4.C4H10O.C2H6O.Na.H/c5-3(6)1-2-4(7)8;1-3-5-4-2;1-2-3;;/h1-2H2,(H,5,6)(H,7,8);3-4H2,1-2H3;3H,2H2,1H3;;/q;;;+1;-1. The monoisotopic (exact) mass is 262 g/mol. The molecule has 0 aromatic heterocycles. The van der Waals surface area contributed by atoms with Crippen LogP contribution in [0, 0.1) is 0 Å². The van der Waals surface area contributed by atoms with E-state index >= 15 is 0 Å². The van der Waals surface area contributed by atoms with Crippen molar-refractivity contribution in [2.75, 3.05) is 19.8 Å². The molecule has 0 radical (unpaired) electrons. The summed E-state index contributed by atoms with van der Waals surface area (Å²) < 4.78 is 4.83. The van der Waals surface area contributed by atoms with Crippen molar-refractivity contribution in [1.29, 1.82) is 0 Å². The number of carboxylic acid groups (broad SMARTS) is 2. The third-order valence-electron chi connectivity index (χ3n) is 0.961. The SMILES string of the molecule is CCO.CCOCC.O=C(O)CCC(=O)O.[H-].[Na+]. The second-order valence-electron chi connectivity index (χ2n) is 2.39. The molecule has 0 aliphatic heterocycles. The number of hydrogen-bond donors (Lipinski definition) is 3. The summed E-state index contributed by atoms with van der Waals surface area (Å²) in [4.78, 5) is 19.3. The Labute approximate surface area is 126 Å².